The van der Waals surface area contributed by atoms with Gasteiger partial charge in [0.1, 0.15) is 5.78 Å². The van der Waals surface area contributed by atoms with Crippen molar-refractivity contribution in [3.05, 3.63) is 0 Å². The summed E-state index contributed by atoms with van der Waals surface area (Å²) < 4.78 is 0. The molecule has 0 aliphatic carbocycles. The Morgan fingerprint density at radius 2 is 1.85 bits per heavy atom. The van der Waals surface area contributed by atoms with E-state index in [0.29, 0.717) is 12.3 Å². The van der Waals surface area contributed by atoms with Gasteiger partial charge in [0.05, 0.1) is 0 Å². The third-order valence-electron chi connectivity index (χ3n) is 2.58. The molecular weight excluding hydrogens is 162 g/mol. The van der Waals surface area contributed by atoms with Gasteiger partial charge >= 0.3 is 0 Å². The second-order valence-corrected chi connectivity index (χ2v) is 4.88. The maximum absolute atomic E-state index is 10.8. The summed E-state index contributed by atoms with van der Waals surface area (Å²) in [6.07, 6.45) is 2.70. The molecule has 13 heavy (non-hydrogen) atoms. The zero-order valence-electron chi connectivity index (χ0n) is 9.39. The lowest BCUT2D eigenvalue weighted by molar-refractivity contribution is -0.117. The number of ketones is 1. The molecular formula is C11H23NO. The predicted molar refractivity (Wildman–Crippen MR) is 56.5 cm³/mol. The quantitative estimate of drug-likeness (QED) is 0.714. The number of carbonyl (C=O) groups is 1. The van der Waals surface area contributed by atoms with E-state index < -0.39 is 0 Å². The van der Waals surface area contributed by atoms with Gasteiger partial charge < -0.3 is 10.5 Å². The molecule has 0 rings (SSSR count). The average Bonchev–Trinajstić information content (AvgIpc) is 1.95. The fourth-order valence-corrected chi connectivity index (χ4v) is 1.59. The summed E-state index contributed by atoms with van der Waals surface area (Å²) in [5.41, 5.74) is 5.82. The van der Waals surface area contributed by atoms with Gasteiger partial charge in [-0.1, -0.05) is 20.8 Å². The van der Waals surface area contributed by atoms with Crippen molar-refractivity contribution in [3.8, 4) is 0 Å². The third kappa shape index (κ3) is 5.81. The van der Waals surface area contributed by atoms with E-state index in [0.717, 1.165) is 19.4 Å². The molecule has 0 aliphatic heterocycles. The first-order valence-electron chi connectivity index (χ1n) is 5.07. The first-order valence-corrected chi connectivity index (χ1v) is 5.07. The SMILES string of the molecule is CC(=O)CCC(CCN)C(C)(C)C. The Hall–Kier alpha value is -0.370. The molecule has 0 amide bonds. The van der Waals surface area contributed by atoms with Gasteiger partial charge in [-0.2, -0.15) is 0 Å². The van der Waals surface area contributed by atoms with Crippen LogP contribution in [0.2, 0.25) is 0 Å². The molecule has 2 nitrogen and oxygen atoms in total. The monoisotopic (exact) mass is 185 g/mol. The minimum absolute atomic E-state index is 0.273. The van der Waals surface area contributed by atoms with Crippen molar-refractivity contribution in [2.75, 3.05) is 6.54 Å². The zero-order valence-corrected chi connectivity index (χ0v) is 9.39. The van der Waals surface area contributed by atoms with Crippen LogP contribution in [0.15, 0.2) is 0 Å². The average molecular weight is 185 g/mol. The summed E-state index contributed by atoms with van der Waals surface area (Å²) >= 11 is 0. The molecule has 0 spiro atoms. The first-order chi connectivity index (χ1) is 5.88. The van der Waals surface area contributed by atoms with Crippen molar-refractivity contribution >= 4 is 5.78 Å². The van der Waals surface area contributed by atoms with E-state index in [1.165, 1.54) is 0 Å². The van der Waals surface area contributed by atoms with Crippen LogP contribution in [0.1, 0.15) is 47.0 Å². The number of hydrogen-bond donors (Lipinski definition) is 1. The lowest BCUT2D eigenvalue weighted by Gasteiger charge is -2.30. The Kier molecular flexibility index (Phi) is 5.23. The fourth-order valence-electron chi connectivity index (χ4n) is 1.59. The number of carbonyl (C=O) groups excluding carboxylic acids is 1. The molecule has 0 aliphatic rings. The second kappa shape index (κ2) is 5.38. The zero-order chi connectivity index (χ0) is 10.5. The summed E-state index contributed by atoms with van der Waals surface area (Å²) in [7, 11) is 0. The fraction of sp³-hybridized carbons (Fsp3) is 0.909. The molecule has 0 saturated heterocycles. The maximum atomic E-state index is 10.8. The standard InChI is InChI=1S/C11H23NO/c1-9(13)5-6-10(7-8-12)11(2,3)4/h10H,5-8,12H2,1-4H3. The van der Waals surface area contributed by atoms with Gasteiger partial charge in [-0.15, -0.1) is 0 Å². The van der Waals surface area contributed by atoms with Crippen LogP contribution in [0.5, 0.6) is 0 Å². The van der Waals surface area contributed by atoms with E-state index in [1.54, 1.807) is 6.92 Å². The Morgan fingerprint density at radius 1 is 1.31 bits per heavy atom. The summed E-state index contributed by atoms with van der Waals surface area (Å²) in [4.78, 5) is 10.8. The molecule has 0 aromatic heterocycles. The van der Waals surface area contributed by atoms with Gasteiger partial charge in [0.25, 0.3) is 0 Å². The highest BCUT2D eigenvalue weighted by molar-refractivity contribution is 5.75. The molecule has 0 aromatic rings. The largest absolute Gasteiger partial charge is 0.330 e. The van der Waals surface area contributed by atoms with Crippen molar-refractivity contribution in [3.63, 3.8) is 0 Å². The Labute approximate surface area is 81.9 Å². The lowest BCUT2D eigenvalue weighted by Crippen LogP contribution is -2.23. The molecule has 2 N–H and O–H groups in total. The molecule has 0 aromatic carbocycles. The summed E-state index contributed by atoms with van der Waals surface area (Å²) in [5, 5.41) is 0. The van der Waals surface area contributed by atoms with Gasteiger partial charge in [-0.05, 0) is 37.6 Å². The number of rotatable bonds is 5. The third-order valence-corrected chi connectivity index (χ3v) is 2.58. The molecule has 78 valence electrons. The Balaban J connectivity index is 4.02. The van der Waals surface area contributed by atoms with Gasteiger partial charge in [-0.25, -0.2) is 0 Å². The van der Waals surface area contributed by atoms with E-state index in [1.807, 2.05) is 0 Å². The van der Waals surface area contributed by atoms with Gasteiger partial charge in [0.2, 0.25) is 0 Å². The highest BCUT2D eigenvalue weighted by Gasteiger charge is 2.23. The molecule has 0 heterocycles. The van der Waals surface area contributed by atoms with Crippen molar-refractivity contribution < 1.29 is 4.79 Å². The number of Topliss-reactive ketones (excluding diaryl/α,β-unsaturated/α-hetero) is 1. The van der Waals surface area contributed by atoms with Crippen LogP contribution < -0.4 is 5.73 Å². The lowest BCUT2D eigenvalue weighted by atomic mass is 9.76. The molecule has 1 atom stereocenters. The summed E-state index contributed by atoms with van der Waals surface area (Å²) in [6.45, 7) is 9.02. The van der Waals surface area contributed by atoms with E-state index in [4.69, 9.17) is 5.73 Å². The van der Waals surface area contributed by atoms with Gasteiger partial charge in [0, 0.05) is 6.42 Å². The Bertz CT molecular complexity index is 158. The van der Waals surface area contributed by atoms with Gasteiger partial charge in [0.15, 0.2) is 0 Å². The molecule has 0 bridgehead atoms. The molecule has 0 saturated carbocycles. The van der Waals surface area contributed by atoms with Crippen molar-refractivity contribution in [1.82, 2.24) is 0 Å². The molecule has 2 heteroatoms. The Morgan fingerprint density at radius 3 is 2.15 bits per heavy atom. The van der Waals surface area contributed by atoms with Crippen LogP contribution in [-0.2, 0) is 4.79 Å². The normalized spacial score (nSPS) is 14.2. The van der Waals surface area contributed by atoms with Crippen LogP contribution in [0.3, 0.4) is 0 Å². The van der Waals surface area contributed by atoms with Crippen molar-refractivity contribution in [1.29, 1.82) is 0 Å². The van der Waals surface area contributed by atoms with Crippen molar-refractivity contribution in [2.45, 2.75) is 47.0 Å². The van der Waals surface area contributed by atoms with E-state index in [2.05, 4.69) is 20.8 Å². The first kappa shape index (κ1) is 12.6. The molecule has 0 radical (unpaired) electrons. The minimum Gasteiger partial charge on any atom is -0.330 e. The topological polar surface area (TPSA) is 43.1 Å². The predicted octanol–water partition coefficient (Wildman–Crippen LogP) is 2.37. The second-order valence-electron chi connectivity index (χ2n) is 4.88. The number of nitrogens with two attached hydrogens (primary N) is 1. The maximum Gasteiger partial charge on any atom is 0.129 e. The van der Waals surface area contributed by atoms with Crippen LogP contribution in [0, 0.1) is 11.3 Å². The minimum atomic E-state index is 0.273. The van der Waals surface area contributed by atoms with E-state index >= 15 is 0 Å². The molecule has 0 fully saturated rings. The van der Waals surface area contributed by atoms with Crippen LogP contribution in [0.4, 0.5) is 0 Å². The smallest absolute Gasteiger partial charge is 0.129 e. The van der Waals surface area contributed by atoms with Crippen LogP contribution in [0.25, 0.3) is 0 Å². The van der Waals surface area contributed by atoms with Crippen LogP contribution >= 0.6 is 0 Å². The number of hydrogen-bond acceptors (Lipinski definition) is 2. The van der Waals surface area contributed by atoms with E-state index in [-0.39, 0.29) is 11.2 Å². The van der Waals surface area contributed by atoms with Crippen LogP contribution in [-0.4, -0.2) is 12.3 Å². The highest BCUT2D eigenvalue weighted by Crippen LogP contribution is 2.31. The summed E-state index contributed by atoms with van der Waals surface area (Å²) in [5.74, 6) is 0.854. The van der Waals surface area contributed by atoms with Crippen molar-refractivity contribution in [2.24, 2.45) is 17.1 Å². The van der Waals surface area contributed by atoms with Gasteiger partial charge in [-0.3, -0.25) is 0 Å². The highest BCUT2D eigenvalue weighted by atomic mass is 16.1. The van der Waals surface area contributed by atoms with E-state index in [9.17, 15) is 4.79 Å². The molecule has 1 unspecified atom stereocenters. The summed E-state index contributed by atoms with van der Waals surface area (Å²) in [6, 6.07) is 0.